The van der Waals surface area contributed by atoms with Gasteiger partial charge in [-0.3, -0.25) is 0 Å². The first-order chi connectivity index (χ1) is 9.02. The molecular formula is C13H21N5O. The number of pyridine rings is 1. The SMILES string of the molecule is CC1CN(c2cccc(/C(N)=N/O)n2)CC1N(C)C. The molecular weight excluding hydrogens is 242 g/mol. The van der Waals surface area contributed by atoms with Gasteiger partial charge >= 0.3 is 0 Å². The maximum Gasteiger partial charge on any atom is 0.188 e. The number of nitrogens with zero attached hydrogens (tertiary/aromatic N) is 4. The third kappa shape index (κ3) is 2.78. The summed E-state index contributed by atoms with van der Waals surface area (Å²) in [6.45, 7) is 4.16. The van der Waals surface area contributed by atoms with E-state index in [1.807, 2.05) is 12.1 Å². The van der Waals surface area contributed by atoms with E-state index in [-0.39, 0.29) is 5.84 Å². The van der Waals surface area contributed by atoms with Crippen LogP contribution >= 0.6 is 0 Å². The van der Waals surface area contributed by atoms with Crippen LogP contribution in [0.5, 0.6) is 0 Å². The largest absolute Gasteiger partial charge is 0.409 e. The minimum Gasteiger partial charge on any atom is -0.409 e. The molecule has 104 valence electrons. The molecule has 2 heterocycles. The van der Waals surface area contributed by atoms with E-state index < -0.39 is 0 Å². The quantitative estimate of drug-likeness (QED) is 0.361. The Kier molecular flexibility index (Phi) is 3.90. The summed E-state index contributed by atoms with van der Waals surface area (Å²) in [4.78, 5) is 8.93. The highest BCUT2D eigenvalue weighted by Crippen LogP contribution is 2.24. The molecule has 3 N–H and O–H groups in total. The van der Waals surface area contributed by atoms with E-state index in [4.69, 9.17) is 10.9 Å². The lowest BCUT2D eigenvalue weighted by Gasteiger charge is -2.22. The first-order valence-electron chi connectivity index (χ1n) is 6.39. The zero-order chi connectivity index (χ0) is 14.0. The monoisotopic (exact) mass is 263 g/mol. The van der Waals surface area contributed by atoms with E-state index >= 15 is 0 Å². The lowest BCUT2D eigenvalue weighted by atomic mass is 10.1. The Morgan fingerprint density at radius 1 is 1.47 bits per heavy atom. The van der Waals surface area contributed by atoms with Gasteiger partial charge in [-0.15, -0.1) is 0 Å². The Labute approximate surface area is 113 Å². The Bertz CT molecular complexity index is 474. The summed E-state index contributed by atoms with van der Waals surface area (Å²) < 4.78 is 0. The van der Waals surface area contributed by atoms with Crippen molar-refractivity contribution in [2.75, 3.05) is 32.1 Å². The number of aromatic nitrogens is 1. The van der Waals surface area contributed by atoms with Crippen molar-refractivity contribution in [1.29, 1.82) is 0 Å². The van der Waals surface area contributed by atoms with Crippen molar-refractivity contribution < 1.29 is 5.21 Å². The maximum atomic E-state index is 8.70. The molecule has 2 atom stereocenters. The average Bonchev–Trinajstić information content (AvgIpc) is 2.80. The molecule has 0 radical (unpaired) electrons. The molecule has 19 heavy (non-hydrogen) atoms. The predicted octanol–water partition coefficient (Wildman–Crippen LogP) is 0.562. The van der Waals surface area contributed by atoms with Gasteiger partial charge in [-0.1, -0.05) is 18.1 Å². The lowest BCUT2D eigenvalue weighted by Crippen LogP contribution is -2.34. The second-order valence-corrected chi connectivity index (χ2v) is 5.28. The van der Waals surface area contributed by atoms with Crippen LogP contribution in [0.4, 0.5) is 5.82 Å². The highest BCUT2D eigenvalue weighted by molar-refractivity contribution is 5.95. The molecule has 0 spiro atoms. The van der Waals surface area contributed by atoms with Crippen LogP contribution in [-0.2, 0) is 0 Å². The van der Waals surface area contributed by atoms with Crippen LogP contribution in [0.15, 0.2) is 23.4 Å². The van der Waals surface area contributed by atoms with Gasteiger partial charge in [0.15, 0.2) is 5.84 Å². The minimum atomic E-state index is 0.0401. The summed E-state index contributed by atoms with van der Waals surface area (Å²) in [5.74, 6) is 1.50. The Morgan fingerprint density at radius 3 is 2.79 bits per heavy atom. The van der Waals surface area contributed by atoms with Gasteiger partial charge < -0.3 is 20.7 Å². The van der Waals surface area contributed by atoms with E-state index in [9.17, 15) is 0 Å². The fraction of sp³-hybridized carbons (Fsp3) is 0.538. The normalized spacial score (nSPS) is 24.2. The Balaban J connectivity index is 2.20. The zero-order valence-electron chi connectivity index (χ0n) is 11.6. The molecule has 0 amide bonds. The molecule has 6 nitrogen and oxygen atoms in total. The number of amidine groups is 1. The van der Waals surface area contributed by atoms with Crippen LogP contribution in [0.1, 0.15) is 12.6 Å². The van der Waals surface area contributed by atoms with Crippen molar-refractivity contribution in [3.8, 4) is 0 Å². The van der Waals surface area contributed by atoms with E-state index in [2.05, 4.69) is 41.0 Å². The van der Waals surface area contributed by atoms with Gasteiger partial charge in [0.25, 0.3) is 0 Å². The highest BCUT2D eigenvalue weighted by Gasteiger charge is 2.31. The fourth-order valence-electron chi connectivity index (χ4n) is 2.60. The molecule has 6 heteroatoms. The molecule has 1 saturated heterocycles. The number of hydrogen-bond acceptors (Lipinski definition) is 5. The average molecular weight is 263 g/mol. The number of nitrogens with two attached hydrogens (primary N) is 1. The molecule has 0 saturated carbocycles. The summed E-state index contributed by atoms with van der Waals surface area (Å²) in [5.41, 5.74) is 6.08. The van der Waals surface area contributed by atoms with Gasteiger partial charge in [0.1, 0.15) is 11.5 Å². The van der Waals surface area contributed by atoms with Crippen molar-refractivity contribution in [2.24, 2.45) is 16.8 Å². The Morgan fingerprint density at radius 2 is 2.21 bits per heavy atom. The van der Waals surface area contributed by atoms with Crippen molar-refractivity contribution >= 4 is 11.7 Å². The smallest absolute Gasteiger partial charge is 0.188 e. The van der Waals surface area contributed by atoms with Crippen molar-refractivity contribution in [3.05, 3.63) is 23.9 Å². The first-order valence-corrected chi connectivity index (χ1v) is 6.39. The maximum absolute atomic E-state index is 8.70. The molecule has 2 rings (SSSR count). The Hall–Kier alpha value is -1.82. The summed E-state index contributed by atoms with van der Waals surface area (Å²) in [6, 6.07) is 6.10. The van der Waals surface area contributed by atoms with Crippen LogP contribution in [0.25, 0.3) is 0 Å². The second kappa shape index (κ2) is 5.44. The molecule has 1 aromatic rings. The third-order valence-corrected chi connectivity index (χ3v) is 3.66. The molecule has 1 aliphatic heterocycles. The van der Waals surface area contributed by atoms with Crippen LogP contribution in [0.3, 0.4) is 0 Å². The second-order valence-electron chi connectivity index (χ2n) is 5.28. The summed E-state index contributed by atoms with van der Waals surface area (Å²) in [5, 5.41) is 11.7. The van der Waals surface area contributed by atoms with Crippen molar-refractivity contribution in [2.45, 2.75) is 13.0 Å². The third-order valence-electron chi connectivity index (χ3n) is 3.66. The number of likely N-dealkylation sites (N-methyl/N-ethyl adjacent to an activating group) is 1. The van der Waals surface area contributed by atoms with Gasteiger partial charge in [0.2, 0.25) is 0 Å². The molecule has 1 aromatic heterocycles. The zero-order valence-corrected chi connectivity index (χ0v) is 11.6. The van der Waals surface area contributed by atoms with Gasteiger partial charge in [0.05, 0.1) is 0 Å². The van der Waals surface area contributed by atoms with Crippen molar-refractivity contribution in [3.63, 3.8) is 0 Å². The highest BCUT2D eigenvalue weighted by atomic mass is 16.4. The van der Waals surface area contributed by atoms with Crippen LogP contribution < -0.4 is 10.6 Å². The van der Waals surface area contributed by atoms with Crippen LogP contribution in [0, 0.1) is 5.92 Å². The van der Waals surface area contributed by atoms with Crippen LogP contribution in [0.2, 0.25) is 0 Å². The molecule has 1 fully saturated rings. The van der Waals surface area contributed by atoms with Crippen LogP contribution in [-0.4, -0.2) is 54.2 Å². The number of anilines is 1. The topological polar surface area (TPSA) is 78.0 Å². The predicted molar refractivity (Wildman–Crippen MR) is 75.6 cm³/mol. The van der Waals surface area contributed by atoms with E-state index in [0.29, 0.717) is 17.7 Å². The molecule has 1 aliphatic rings. The summed E-state index contributed by atoms with van der Waals surface area (Å²) in [7, 11) is 4.20. The van der Waals surface area contributed by atoms with E-state index in [1.165, 1.54) is 0 Å². The molecule has 0 bridgehead atoms. The first kappa shape index (κ1) is 13.6. The number of hydrogen-bond donors (Lipinski definition) is 2. The van der Waals surface area contributed by atoms with Crippen molar-refractivity contribution in [1.82, 2.24) is 9.88 Å². The van der Waals surface area contributed by atoms with E-state index in [0.717, 1.165) is 18.9 Å². The minimum absolute atomic E-state index is 0.0401. The molecule has 0 aromatic carbocycles. The molecule has 2 unspecified atom stereocenters. The van der Waals surface area contributed by atoms with Gasteiger partial charge in [-0.2, -0.15) is 0 Å². The fourth-order valence-corrected chi connectivity index (χ4v) is 2.60. The van der Waals surface area contributed by atoms with Gasteiger partial charge in [-0.25, -0.2) is 4.98 Å². The number of oxime groups is 1. The number of rotatable bonds is 3. The van der Waals surface area contributed by atoms with E-state index in [1.54, 1.807) is 6.07 Å². The van der Waals surface area contributed by atoms with Gasteiger partial charge in [-0.05, 0) is 32.1 Å². The standard InChI is InChI=1S/C13H21N5O/c1-9-7-18(8-11(9)17(2)3)12-6-4-5-10(15-12)13(14)16-19/h4-6,9,11,19H,7-8H2,1-3H3,(H2,14,16). The molecule has 0 aliphatic carbocycles. The summed E-state index contributed by atoms with van der Waals surface area (Å²) in [6.07, 6.45) is 0. The summed E-state index contributed by atoms with van der Waals surface area (Å²) >= 11 is 0. The lowest BCUT2D eigenvalue weighted by molar-refractivity contribution is 0.266. The van der Waals surface area contributed by atoms with Gasteiger partial charge in [0, 0.05) is 19.1 Å².